The first-order valence-electron chi connectivity index (χ1n) is 4.41. The minimum atomic E-state index is -0.293. The summed E-state index contributed by atoms with van der Waals surface area (Å²) < 4.78 is 0. The van der Waals surface area contributed by atoms with Gasteiger partial charge in [0, 0.05) is 0 Å². The lowest BCUT2D eigenvalue weighted by Gasteiger charge is -2.08. The van der Waals surface area contributed by atoms with Crippen LogP contribution in [0.3, 0.4) is 0 Å². The van der Waals surface area contributed by atoms with E-state index in [-0.39, 0.29) is 6.10 Å². The predicted octanol–water partition coefficient (Wildman–Crippen LogP) is 2.75. The first-order chi connectivity index (χ1) is 5.06. The quantitative estimate of drug-likeness (QED) is 0.620. The zero-order valence-electron chi connectivity index (χ0n) is 8.09. The Hall–Kier alpha value is -0.300. The van der Waals surface area contributed by atoms with E-state index in [4.69, 9.17) is 5.11 Å². The average Bonchev–Trinajstić information content (AvgIpc) is 1.85. The Morgan fingerprint density at radius 3 is 2.36 bits per heavy atom. The molecule has 0 saturated heterocycles. The minimum absolute atomic E-state index is 0.293. The van der Waals surface area contributed by atoms with Gasteiger partial charge in [-0.1, -0.05) is 31.9 Å². The van der Waals surface area contributed by atoms with Gasteiger partial charge >= 0.3 is 0 Å². The topological polar surface area (TPSA) is 20.2 Å². The zero-order valence-corrected chi connectivity index (χ0v) is 8.09. The Morgan fingerprint density at radius 2 is 2.00 bits per heavy atom. The van der Waals surface area contributed by atoms with Crippen LogP contribution >= 0.6 is 0 Å². The second kappa shape index (κ2) is 5.36. The molecule has 1 nitrogen and oxygen atoms in total. The molecule has 0 bridgehead atoms. The monoisotopic (exact) mass is 156 g/mol. The number of aliphatic hydroxyl groups is 1. The molecule has 1 N–H and O–H groups in total. The normalized spacial score (nSPS) is 18.1. The Labute approximate surface area is 70.1 Å². The fraction of sp³-hybridized carbons (Fsp3) is 0.800. The average molecular weight is 156 g/mol. The van der Waals surface area contributed by atoms with Gasteiger partial charge in [-0.05, 0) is 26.2 Å². The molecule has 0 radical (unpaired) electrons. The molecule has 0 rings (SSSR count). The van der Waals surface area contributed by atoms with Gasteiger partial charge in [0.15, 0.2) is 0 Å². The summed E-state index contributed by atoms with van der Waals surface area (Å²) in [5.41, 5.74) is 1.30. The highest BCUT2D eigenvalue weighted by Gasteiger charge is 2.00. The van der Waals surface area contributed by atoms with Crippen molar-refractivity contribution in [3.8, 4) is 0 Å². The van der Waals surface area contributed by atoms with Crippen molar-refractivity contribution in [2.75, 3.05) is 0 Å². The molecular formula is C10H20O. The van der Waals surface area contributed by atoms with Gasteiger partial charge in [-0.15, -0.1) is 0 Å². The zero-order chi connectivity index (χ0) is 8.85. The van der Waals surface area contributed by atoms with E-state index in [2.05, 4.69) is 20.8 Å². The molecule has 0 aliphatic rings. The minimum Gasteiger partial charge on any atom is -0.389 e. The standard InChI is InChI=1S/C10H20O/c1-5-8(2)6-9(3)7-10(4)11/h7-8,10-11H,5-6H2,1-4H3. The molecule has 66 valence electrons. The first-order valence-corrected chi connectivity index (χ1v) is 4.41. The van der Waals surface area contributed by atoms with Crippen molar-refractivity contribution < 1.29 is 5.11 Å². The Morgan fingerprint density at radius 1 is 1.45 bits per heavy atom. The summed E-state index contributed by atoms with van der Waals surface area (Å²) >= 11 is 0. The second-order valence-electron chi connectivity index (χ2n) is 3.47. The van der Waals surface area contributed by atoms with Crippen LogP contribution in [0.5, 0.6) is 0 Å². The van der Waals surface area contributed by atoms with Crippen molar-refractivity contribution in [1.82, 2.24) is 0 Å². The van der Waals surface area contributed by atoms with Crippen LogP contribution in [0.25, 0.3) is 0 Å². The van der Waals surface area contributed by atoms with Crippen molar-refractivity contribution in [2.45, 2.75) is 46.6 Å². The van der Waals surface area contributed by atoms with Crippen molar-refractivity contribution in [3.63, 3.8) is 0 Å². The molecule has 0 aromatic rings. The van der Waals surface area contributed by atoms with Crippen LogP contribution in [0.4, 0.5) is 0 Å². The van der Waals surface area contributed by atoms with Crippen LogP contribution in [-0.2, 0) is 0 Å². The van der Waals surface area contributed by atoms with Crippen LogP contribution in [0.2, 0.25) is 0 Å². The number of rotatable bonds is 4. The van der Waals surface area contributed by atoms with Crippen molar-refractivity contribution in [2.24, 2.45) is 5.92 Å². The van der Waals surface area contributed by atoms with E-state index in [1.165, 1.54) is 12.0 Å². The van der Waals surface area contributed by atoms with Gasteiger partial charge < -0.3 is 5.11 Å². The van der Waals surface area contributed by atoms with Crippen molar-refractivity contribution in [1.29, 1.82) is 0 Å². The van der Waals surface area contributed by atoms with Crippen LogP contribution < -0.4 is 0 Å². The summed E-state index contributed by atoms with van der Waals surface area (Å²) in [6.07, 6.45) is 3.96. The Kier molecular flexibility index (Phi) is 5.22. The molecule has 0 aliphatic carbocycles. The lowest BCUT2D eigenvalue weighted by molar-refractivity contribution is 0.242. The third-order valence-corrected chi connectivity index (χ3v) is 1.89. The van der Waals surface area contributed by atoms with E-state index >= 15 is 0 Å². The fourth-order valence-electron chi connectivity index (χ4n) is 1.17. The highest BCUT2D eigenvalue weighted by atomic mass is 16.3. The number of aliphatic hydroxyl groups excluding tert-OH is 1. The summed E-state index contributed by atoms with van der Waals surface area (Å²) in [7, 11) is 0. The summed E-state index contributed by atoms with van der Waals surface area (Å²) in [6, 6.07) is 0. The van der Waals surface area contributed by atoms with Gasteiger partial charge in [-0.2, -0.15) is 0 Å². The van der Waals surface area contributed by atoms with Gasteiger partial charge in [0.1, 0.15) is 0 Å². The molecule has 0 aliphatic heterocycles. The third-order valence-electron chi connectivity index (χ3n) is 1.89. The van der Waals surface area contributed by atoms with E-state index in [0.29, 0.717) is 0 Å². The van der Waals surface area contributed by atoms with Crippen LogP contribution in [0, 0.1) is 5.92 Å². The molecule has 2 atom stereocenters. The molecule has 0 fully saturated rings. The first kappa shape index (κ1) is 10.7. The fourth-order valence-corrected chi connectivity index (χ4v) is 1.17. The number of allylic oxidation sites excluding steroid dienone is 1. The predicted molar refractivity (Wildman–Crippen MR) is 49.5 cm³/mol. The highest BCUT2D eigenvalue weighted by Crippen LogP contribution is 2.13. The van der Waals surface area contributed by atoms with E-state index in [1.54, 1.807) is 6.92 Å². The molecule has 2 unspecified atom stereocenters. The van der Waals surface area contributed by atoms with Crippen LogP contribution in [0.1, 0.15) is 40.5 Å². The molecular weight excluding hydrogens is 136 g/mol. The molecule has 0 amide bonds. The summed E-state index contributed by atoms with van der Waals surface area (Å²) in [6.45, 7) is 8.30. The lowest BCUT2D eigenvalue weighted by atomic mass is 9.99. The highest BCUT2D eigenvalue weighted by molar-refractivity contribution is 5.01. The molecule has 1 heteroatoms. The summed E-state index contributed by atoms with van der Waals surface area (Å²) in [4.78, 5) is 0. The van der Waals surface area contributed by atoms with Gasteiger partial charge in [-0.3, -0.25) is 0 Å². The largest absolute Gasteiger partial charge is 0.389 e. The van der Waals surface area contributed by atoms with E-state index < -0.39 is 0 Å². The number of hydrogen-bond acceptors (Lipinski definition) is 1. The van der Waals surface area contributed by atoms with Gasteiger partial charge in [0.2, 0.25) is 0 Å². The van der Waals surface area contributed by atoms with Gasteiger partial charge in [0.25, 0.3) is 0 Å². The summed E-state index contributed by atoms with van der Waals surface area (Å²) in [5, 5.41) is 9.03. The van der Waals surface area contributed by atoms with E-state index in [9.17, 15) is 0 Å². The summed E-state index contributed by atoms with van der Waals surface area (Å²) in [5.74, 6) is 0.741. The maximum atomic E-state index is 9.03. The number of hydrogen-bond donors (Lipinski definition) is 1. The van der Waals surface area contributed by atoms with Gasteiger partial charge in [-0.25, -0.2) is 0 Å². The smallest absolute Gasteiger partial charge is 0.0695 e. The lowest BCUT2D eigenvalue weighted by Crippen LogP contribution is -1.98. The Bertz CT molecular complexity index is 125. The molecule has 0 heterocycles. The molecule has 0 spiro atoms. The Balaban J connectivity index is 3.76. The van der Waals surface area contributed by atoms with Crippen LogP contribution in [-0.4, -0.2) is 11.2 Å². The SMILES string of the molecule is CCC(C)CC(C)=CC(C)O. The van der Waals surface area contributed by atoms with E-state index in [1.807, 2.05) is 6.08 Å². The maximum absolute atomic E-state index is 9.03. The molecule has 11 heavy (non-hydrogen) atoms. The molecule has 0 aromatic carbocycles. The van der Waals surface area contributed by atoms with Crippen molar-refractivity contribution in [3.05, 3.63) is 11.6 Å². The maximum Gasteiger partial charge on any atom is 0.0695 e. The van der Waals surface area contributed by atoms with Crippen LogP contribution in [0.15, 0.2) is 11.6 Å². The van der Waals surface area contributed by atoms with Gasteiger partial charge in [0.05, 0.1) is 6.10 Å². The van der Waals surface area contributed by atoms with Crippen molar-refractivity contribution >= 4 is 0 Å². The third kappa shape index (κ3) is 6.11. The molecule has 0 saturated carbocycles. The molecule has 0 aromatic heterocycles. The van der Waals surface area contributed by atoms with E-state index in [0.717, 1.165) is 12.3 Å². The second-order valence-corrected chi connectivity index (χ2v) is 3.47.